The van der Waals surface area contributed by atoms with Crippen LogP contribution < -0.4 is 27.4 Å². The van der Waals surface area contributed by atoms with E-state index < -0.39 is 78.3 Å². The molecule has 0 fully saturated rings. The van der Waals surface area contributed by atoms with Crippen LogP contribution >= 0.6 is 0 Å². The Balaban J connectivity index is 5.49. The van der Waals surface area contributed by atoms with E-state index in [0.717, 1.165) is 6.92 Å². The highest BCUT2D eigenvalue weighted by Crippen LogP contribution is 2.10. The summed E-state index contributed by atoms with van der Waals surface area (Å²) in [5, 5.41) is 35.2. The van der Waals surface area contributed by atoms with Gasteiger partial charge < -0.3 is 42.7 Å². The van der Waals surface area contributed by atoms with Gasteiger partial charge in [0.05, 0.1) is 24.7 Å². The maximum absolute atomic E-state index is 12.8. The molecule has 0 aromatic rings. The normalized spacial score (nSPS) is 17.8. The van der Waals surface area contributed by atoms with E-state index in [2.05, 4.69) is 10.6 Å². The van der Waals surface area contributed by atoms with Gasteiger partial charge in [0.15, 0.2) is 6.04 Å². The Kier molecular flexibility index (Phi) is 11.7. The van der Waals surface area contributed by atoms with E-state index in [4.69, 9.17) is 16.6 Å². The van der Waals surface area contributed by atoms with Gasteiger partial charge in [-0.15, -0.1) is 0 Å². The Morgan fingerprint density at radius 1 is 0.806 bits per heavy atom. The molecular formula is C18H33N5O8. The molecule has 31 heavy (non-hydrogen) atoms. The molecule has 0 aromatic carbocycles. The van der Waals surface area contributed by atoms with Crippen LogP contribution in [-0.2, 0) is 24.0 Å². The lowest BCUT2D eigenvalue weighted by atomic mass is 9.97. The van der Waals surface area contributed by atoms with E-state index in [9.17, 15) is 34.2 Å². The number of carbonyl (C=O) groups excluding carboxylic acids is 4. The highest BCUT2D eigenvalue weighted by Gasteiger charge is 2.35. The van der Waals surface area contributed by atoms with Crippen molar-refractivity contribution in [1.29, 1.82) is 0 Å². The van der Waals surface area contributed by atoms with Gasteiger partial charge in [0.1, 0.15) is 12.1 Å². The van der Waals surface area contributed by atoms with Crippen molar-refractivity contribution >= 4 is 29.6 Å². The topological polar surface area (TPSA) is 234 Å². The molecule has 0 radical (unpaired) electrons. The standard InChI is InChI=1S/C18H33N5O8/c1-5-7(2)12(21-15(27)10(19)6-11(20)26)16(28)22-13(8(3)24)17(29)23-14(9(4)25)18(30)31/h7-10,12-14,24-25H,5-6,19H2,1-4H3,(H2,20,26)(H,21,27)(H,22,28)(H,23,29)(H,30,31). The van der Waals surface area contributed by atoms with E-state index in [-0.39, 0.29) is 0 Å². The minimum atomic E-state index is -1.66. The molecule has 0 aliphatic carbocycles. The van der Waals surface area contributed by atoms with Gasteiger partial charge in [0.25, 0.3) is 0 Å². The number of amides is 4. The molecule has 0 aromatic heterocycles. The molecule has 0 aliphatic heterocycles. The fourth-order valence-corrected chi connectivity index (χ4v) is 2.55. The van der Waals surface area contributed by atoms with Crippen LogP contribution in [0, 0.1) is 5.92 Å². The molecule has 13 nitrogen and oxygen atoms in total. The Bertz CT molecular complexity index is 669. The average Bonchev–Trinajstić information content (AvgIpc) is 2.65. The summed E-state index contributed by atoms with van der Waals surface area (Å²) in [5.74, 6) is -5.42. The summed E-state index contributed by atoms with van der Waals surface area (Å²) in [7, 11) is 0. The molecule has 0 saturated heterocycles. The summed E-state index contributed by atoms with van der Waals surface area (Å²) in [5.41, 5.74) is 10.6. The van der Waals surface area contributed by atoms with Crippen molar-refractivity contribution in [1.82, 2.24) is 16.0 Å². The van der Waals surface area contributed by atoms with Crippen molar-refractivity contribution in [3.8, 4) is 0 Å². The number of aliphatic hydroxyl groups is 2. The number of rotatable bonds is 13. The molecule has 0 bridgehead atoms. The number of carboxylic acid groups (broad SMARTS) is 1. The molecule has 178 valence electrons. The smallest absolute Gasteiger partial charge is 0.328 e. The summed E-state index contributed by atoms with van der Waals surface area (Å²) in [6, 6.07) is -5.69. The second-order valence-corrected chi connectivity index (χ2v) is 7.44. The fourth-order valence-electron chi connectivity index (χ4n) is 2.55. The van der Waals surface area contributed by atoms with Gasteiger partial charge >= 0.3 is 5.97 Å². The van der Waals surface area contributed by atoms with Crippen LogP contribution in [0.5, 0.6) is 0 Å². The molecule has 10 N–H and O–H groups in total. The second kappa shape index (κ2) is 12.8. The summed E-state index contributed by atoms with van der Waals surface area (Å²) in [6.45, 7) is 5.75. The third-order valence-electron chi connectivity index (χ3n) is 4.66. The minimum Gasteiger partial charge on any atom is -0.480 e. The Morgan fingerprint density at radius 2 is 1.23 bits per heavy atom. The summed E-state index contributed by atoms with van der Waals surface area (Å²) >= 11 is 0. The van der Waals surface area contributed by atoms with Crippen LogP contribution in [0.15, 0.2) is 0 Å². The quantitative estimate of drug-likeness (QED) is 0.140. The molecule has 7 unspecified atom stereocenters. The van der Waals surface area contributed by atoms with Crippen molar-refractivity contribution < 1.29 is 39.3 Å². The molecule has 0 rings (SSSR count). The SMILES string of the molecule is CCC(C)C(NC(=O)C(N)CC(N)=O)C(=O)NC(C(=O)NC(C(=O)O)C(C)O)C(C)O. The number of carbonyl (C=O) groups is 5. The van der Waals surface area contributed by atoms with E-state index >= 15 is 0 Å². The number of aliphatic hydroxyl groups excluding tert-OH is 2. The van der Waals surface area contributed by atoms with Crippen molar-refractivity contribution in [2.45, 2.75) is 76.9 Å². The third-order valence-corrected chi connectivity index (χ3v) is 4.66. The number of hydrogen-bond donors (Lipinski definition) is 8. The maximum Gasteiger partial charge on any atom is 0.328 e. The summed E-state index contributed by atoms with van der Waals surface area (Å²) < 4.78 is 0. The van der Waals surface area contributed by atoms with Gasteiger partial charge in [-0.3, -0.25) is 19.2 Å². The number of hydrogen-bond acceptors (Lipinski definition) is 8. The predicted octanol–water partition coefficient (Wildman–Crippen LogP) is -3.46. The van der Waals surface area contributed by atoms with Crippen molar-refractivity contribution in [2.24, 2.45) is 17.4 Å². The van der Waals surface area contributed by atoms with E-state index in [1.54, 1.807) is 13.8 Å². The first kappa shape index (κ1) is 28.2. The van der Waals surface area contributed by atoms with E-state index in [0.29, 0.717) is 6.42 Å². The minimum absolute atomic E-state index is 0.424. The van der Waals surface area contributed by atoms with Gasteiger partial charge in [0, 0.05) is 0 Å². The maximum atomic E-state index is 12.8. The molecule has 0 heterocycles. The molecular weight excluding hydrogens is 414 g/mol. The zero-order valence-electron chi connectivity index (χ0n) is 18.0. The van der Waals surface area contributed by atoms with Gasteiger partial charge in [-0.2, -0.15) is 0 Å². The number of aliphatic carboxylic acids is 1. The highest BCUT2D eigenvalue weighted by atomic mass is 16.4. The number of carboxylic acids is 1. The third kappa shape index (κ3) is 9.27. The predicted molar refractivity (Wildman–Crippen MR) is 108 cm³/mol. The molecule has 0 spiro atoms. The lowest BCUT2D eigenvalue weighted by Crippen LogP contribution is -2.61. The Hall–Kier alpha value is -2.77. The van der Waals surface area contributed by atoms with Crippen LogP contribution in [0.3, 0.4) is 0 Å². The second-order valence-electron chi connectivity index (χ2n) is 7.44. The largest absolute Gasteiger partial charge is 0.480 e. The Morgan fingerprint density at radius 3 is 1.61 bits per heavy atom. The van der Waals surface area contributed by atoms with Crippen LogP contribution in [0.25, 0.3) is 0 Å². The van der Waals surface area contributed by atoms with Crippen molar-refractivity contribution in [3.05, 3.63) is 0 Å². The first-order valence-electron chi connectivity index (χ1n) is 9.76. The van der Waals surface area contributed by atoms with Crippen LogP contribution in [-0.4, -0.2) is 81.3 Å². The Labute approximate surface area is 179 Å². The van der Waals surface area contributed by atoms with Crippen LogP contribution in [0.4, 0.5) is 0 Å². The van der Waals surface area contributed by atoms with E-state index in [1.807, 2.05) is 5.32 Å². The highest BCUT2D eigenvalue weighted by molar-refractivity contribution is 5.95. The van der Waals surface area contributed by atoms with Gasteiger partial charge in [0.2, 0.25) is 23.6 Å². The molecule has 7 atom stereocenters. The lowest BCUT2D eigenvalue weighted by molar-refractivity contribution is -0.146. The summed E-state index contributed by atoms with van der Waals surface area (Å²) in [4.78, 5) is 59.6. The molecule has 13 heteroatoms. The lowest BCUT2D eigenvalue weighted by Gasteiger charge is -2.29. The first-order chi connectivity index (χ1) is 14.2. The molecule has 0 aliphatic rings. The zero-order chi connectivity index (χ0) is 24.5. The van der Waals surface area contributed by atoms with Crippen molar-refractivity contribution in [2.75, 3.05) is 0 Å². The first-order valence-corrected chi connectivity index (χ1v) is 9.76. The fraction of sp³-hybridized carbons (Fsp3) is 0.722. The van der Waals surface area contributed by atoms with Gasteiger partial charge in [-0.1, -0.05) is 20.3 Å². The van der Waals surface area contributed by atoms with Gasteiger partial charge in [-0.25, -0.2) is 4.79 Å². The number of nitrogens with two attached hydrogens (primary N) is 2. The molecule has 4 amide bonds. The van der Waals surface area contributed by atoms with Crippen LogP contribution in [0.1, 0.15) is 40.5 Å². The van der Waals surface area contributed by atoms with E-state index in [1.165, 1.54) is 6.92 Å². The number of primary amides is 1. The monoisotopic (exact) mass is 447 g/mol. The number of nitrogens with one attached hydrogen (secondary N) is 3. The average molecular weight is 447 g/mol. The molecule has 0 saturated carbocycles. The van der Waals surface area contributed by atoms with Crippen LogP contribution in [0.2, 0.25) is 0 Å². The van der Waals surface area contributed by atoms with Gasteiger partial charge in [-0.05, 0) is 19.8 Å². The summed E-state index contributed by atoms with van der Waals surface area (Å²) in [6.07, 6.45) is -2.86. The zero-order valence-corrected chi connectivity index (χ0v) is 18.0. The van der Waals surface area contributed by atoms with Crippen molar-refractivity contribution in [3.63, 3.8) is 0 Å².